The van der Waals surface area contributed by atoms with Crippen molar-refractivity contribution in [2.75, 3.05) is 11.6 Å². The quantitative estimate of drug-likeness (QED) is 0.480. The van der Waals surface area contributed by atoms with E-state index in [1.807, 2.05) is 0 Å². The highest BCUT2D eigenvalue weighted by Crippen LogP contribution is 2.28. The van der Waals surface area contributed by atoms with Crippen molar-refractivity contribution in [2.24, 2.45) is 0 Å². The highest BCUT2D eigenvalue weighted by molar-refractivity contribution is 6.53. The largest absolute Gasteiger partial charge is 0.442 e. The number of para-hydroxylation sites is 1. The van der Waals surface area contributed by atoms with E-state index in [9.17, 15) is 14.4 Å². The molecule has 0 N–H and O–H groups in total. The molecule has 0 unspecified atom stereocenters. The number of ether oxygens (including phenoxy) is 1. The Balaban J connectivity index is 2.17. The third-order valence-corrected chi connectivity index (χ3v) is 2.75. The molecule has 0 fully saturated rings. The van der Waals surface area contributed by atoms with Gasteiger partial charge in [0.1, 0.15) is 0 Å². The fraction of sp³-hybridized carbons (Fsp3) is 0.182. The van der Waals surface area contributed by atoms with Crippen LogP contribution < -0.4 is 4.90 Å². The summed E-state index contributed by atoms with van der Waals surface area (Å²) in [7, 11) is 0. The Morgan fingerprint density at radius 3 is 2.61 bits per heavy atom. The summed E-state index contributed by atoms with van der Waals surface area (Å²) in [4.78, 5) is 34.1. The van der Waals surface area contributed by atoms with Gasteiger partial charge in [-0.3, -0.25) is 14.5 Å². The summed E-state index contributed by atoms with van der Waals surface area (Å²) in [6, 6.07) is 6.44. The van der Waals surface area contributed by atoms with Crippen LogP contribution in [0.25, 0.3) is 0 Å². The van der Waals surface area contributed by atoms with Gasteiger partial charge in [0.15, 0.2) is 6.73 Å². The van der Waals surface area contributed by atoms with Crippen LogP contribution in [-0.4, -0.2) is 29.2 Å². The predicted octanol–water partition coefficient (Wildman–Crippen LogP) is 1.52. The number of hydrogen-bond donors (Lipinski definition) is 0. The molecule has 7 heteroatoms. The standard InChI is InChI=1S/C11H7Cl2NO4/c12-9(13)11(17)18-5-14-7-4-2-1-3-6(7)8(15)10(14)16/h1-4,9H,5H2. The first-order valence-corrected chi connectivity index (χ1v) is 5.79. The zero-order valence-electron chi connectivity index (χ0n) is 8.93. The van der Waals surface area contributed by atoms with Gasteiger partial charge in [-0.2, -0.15) is 0 Å². The molecule has 1 aromatic rings. The SMILES string of the molecule is O=C1C(=O)N(COC(=O)C(Cl)Cl)c2ccccc21. The maximum atomic E-state index is 11.7. The Hall–Kier alpha value is -1.59. The van der Waals surface area contributed by atoms with E-state index in [0.29, 0.717) is 5.69 Å². The molecule has 0 bridgehead atoms. The summed E-state index contributed by atoms with van der Waals surface area (Å²) < 4.78 is 4.71. The van der Waals surface area contributed by atoms with Crippen molar-refractivity contribution in [1.82, 2.24) is 0 Å². The lowest BCUT2D eigenvalue weighted by atomic mass is 10.1. The van der Waals surface area contributed by atoms with Crippen LogP contribution in [0.1, 0.15) is 10.4 Å². The van der Waals surface area contributed by atoms with E-state index in [1.54, 1.807) is 18.2 Å². The molecule has 0 atom stereocenters. The number of halogens is 2. The first-order valence-electron chi connectivity index (χ1n) is 4.92. The van der Waals surface area contributed by atoms with Crippen molar-refractivity contribution >= 4 is 46.5 Å². The topological polar surface area (TPSA) is 63.7 Å². The molecule has 5 nitrogen and oxygen atoms in total. The monoisotopic (exact) mass is 287 g/mol. The number of ketones is 1. The van der Waals surface area contributed by atoms with Gasteiger partial charge in [-0.15, -0.1) is 0 Å². The Labute approximate surface area is 112 Å². The van der Waals surface area contributed by atoms with Gasteiger partial charge in [-0.05, 0) is 12.1 Å². The molecule has 0 saturated heterocycles. The van der Waals surface area contributed by atoms with Crippen LogP contribution in [0.3, 0.4) is 0 Å². The van der Waals surface area contributed by atoms with Gasteiger partial charge in [0, 0.05) is 0 Å². The Bertz CT molecular complexity index is 530. The predicted molar refractivity (Wildman–Crippen MR) is 64.7 cm³/mol. The van der Waals surface area contributed by atoms with Gasteiger partial charge in [-0.1, -0.05) is 35.3 Å². The number of esters is 1. The zero-order valence-corrected chi connectivity index (χ0v) is 10.4. The summed E-state index contributed by atoms with van der Waals surface area (Å²) in [6.07, 6.45) is 0. The minimum Gasteiger partial charge on any atom is -0.442 e. The van der Waals surface area contributed by atoms with Crippen molar-refractivity contribution in [2.45, 2.75) is 4.84 Å². The number of Topliss-reactive ketones (excluding diaryl/α,β-unsaturated/α-hetero) is 1. The summed E-state index contributed by atoms with van der Waals surface area (Å²) in [6.45, 7) is -0.393. The lowest BCUT2D eigenvalue weighted by molar-refractivity contribution is -0.141. The van der Waals surface area contributed by atoms with Gasteiger partial charge in [0.25, 0.3) is 5.78 Å². The smallest absolute Gasteiger partial charge is 0.341 e. The maximum Gasteiger partial charge on any atom is 0.341 e. The molecule has 1 aromatic carbocycles. The fourth-order valence-electron chi connectivity index (χ4n) is 1.57. The Morgan fingerprint density at radius 2 is 1.94 bits per heavy atom. The van der Waals surface area contributed by atoms with Gasteiger partial charge in [-0.25, -0.2) is 4.79 Å². The second-order valence-electron chi connectivity index (χ2n) is 3.47. The number of fused-ring (bicyclic) bond motifs is 1. The normalized spacial score (nSPS) is 14.1. The summed E-state index contributed by atoms with van der Waals surface area (Å²) in [5.41, 5.74) is 0.688. The van der Waals surface area contributed by atoms with Crippen molar-refractivity contribution in [1.29, 1.82) is 0 Å². The van der Waals surface area contributed by atoms with E-state index in [2.05, 4.69) is 0 Å². The first-order chi connectivity index (χ1) is 8.52. The number of carbonyl (C=O) groups excluding carboxylic acids is 3. The van der Waals surface area contributed by atoms with Crippen LogP contribution in [0.5, 0.6) is 0 Å². The average molecular weight is 288 g/mol. The molecular formula is C11H7Cl2NO4. The number of rotatable bonds is 3. The lowest BCUT2D eigenvalue weighted by Crippen LogP contribution is -2.33. The molecule has 1 heterocycles. The van der Waals surface area contributed by atoms with Crippen LogP contribution in [0.4, 0.5) is 5.69 Å². The highest BCUT2D eigenvalue weighted by Gasteiger charge is 2.36. The maximum absolute atomic E-state index is 11.7. The van der Waals surface area contributed by atoms with E-state index in [1.165, 1.54) is 6.07 Å². The molecule has 94 valence electrons. The molecule has 1 aliphatic heterocycles. The average Bonchev–Trinajstić information content (AvgIpc) is 2.60. The van der Waals surface area contributed by atoms with Crippen LogP contribution >= 0.6 is 23.2 Å². The van der Waals surface area contributed by atoms with Crippen molar-refractivity contribution in [3.63, 3.8) is 0 Å². The third-order valence-electron chi connectivity index (χ3n) is 2.39. The van der Waals surface area contributed by atoms with E-state index in [0.717, 1.165) is 4.90 Å². The second-order valence-corrected chi connectivity index (χ2v) is 4.57. The summed E-state index contributed by atoms with van der Waals surface area (Å²) in [5.74, 6) is -2.25. The number of alkyl halides is 2. The van der Waals surface area contributed by atoms with Crippen molar-refractivity contribution in [3.8, 4) is 0 Å². The lowest BCUT2D eigenvalue weighted by Gasteiger charge is -2.16. The van der Waals surface area contributed by atoms with Crippen LogP contribution in [0.2, 0.25) is 0 Å². The molecule has 1 aliphatic rings. The van der Waals surface area contributed by atoms with Crippen molar-refractivity contribution < 1.29 is 19.1 Å². The number of nitrogens with zero attached hydrogens (tertiary/aromatic N) is 1. The van der Waals surface area contributed by atoms with Crippen molar-refractivity contribution in [3.05, 3.63) is 29.8 Å². The van der Waals surface area contributed by atoms with Gasteiger partial charge >= 0.3 is 11.9 Å². The minimum atomic E-state index is -1.33. The molecule has 0 radical (unpaired) electrons. The van der Waals surface area contributed by atoms with Crippen LogP contribution in [0, 0.1) is 0 Å². The van der Waals surface area contributed by atoms with E-state index in [-0.39, 0.29) is 5.56 Å². The molecule has 1 amide bonds. The van der Waals surface area contributed by atoms with Crippen LogP contribution in [-0.2, 0) is 14.3 Å². The second kappa shape index (κ2) is 4.96. The summed E-state index contributed by atoms with van der Waals surface area (Å²) in [5, 5.41) is 0. The molecule has 0 aliphatic carbocycles. The number of benzene rings is 1. The Kier molecular flexibility index (Phi) is 3.54. The summed E-state index contributed by atoms with van der Waals surface area (Å²) >= 11 is 10.6. The molecule has 0 aromatic heterocycles. The van der Waals surface area contributed by atoms with Crippen LogP contribution in [0.15, 0.2) is 24.3 Å². The first kappa shape index (κ1) is 12.9. The highest BCUT2D eigenvalue weighted by atomic mass is 35.5. The van der Waals surface area contributed by atoms with Gasteiger partial charge in [0.2, 0.25) is 4.84 Å². The minimum absolute atomic E-state index is 0.284. The zero-order chi connectivity index (χ0) is 13.3. The third kappa shape index (κ3) is 2.19. The number of carbonyl (C=O) groups is 3. The molecular weight excluding hydrogens is 281 g/mol. The molecule has 0 saturated carbocycles. The number of anilines is 1. The van der Waals surface area contributed by atoms with E-state index in [4.69, 9.17) is 27.9 Å². The molecule has 2 rings (SSSR count). The van der Waals surface area contributed by atoms with Gasteiger partial charge < -0.3 is 4.74 Å². The fourth-order valence-corrected chi connectivity index (χ4v) is 1.69. The molecule has 18 heavy (non-hydrogen) atoms. The number of hydrogen-bond acceptors (Lipinski definition) is 4. The van der Waals surface area contributed by atoms with Gasteiger partial charge in [0.05, 0.1) is 11.3 Å². The molecule has 0 spiro atoms. The van der Waals surface area contributed by atoms with E-state index >= 15 is 0 Å². The Morgan fingerprint density at radius 1 is 1.28 bits per heavy atom. The number of amides is 1. The van der Waals surface area contributed by atoms with E-state index < -0.39 is 29.2 Å².